The van der Waals surface area contributed by atoms with E-state index in [1.54, 1.807) is 34.4 Å². The molecule has 0 spiro atoms. The van der Waals surface area contributed by atoms with Gasteiger partial charge in [0.05, 0.1) is 11.1 Å². The summed E-state index contributed by atoms with van der Waals surface area (Å²) < 4.78 is 0.897. The van der Waals surface area contributed by atoms with Crippen LogP contribution in [0.4, 0.5) is 10.9 Å². The van der Waals surface area contributed by atoms with Crippen molar-refractivity contribution in [3.63, 3.8) is 0 Å². The van der Waals surface area contributed by atoms with Crippen molar-refractivity contribution >= 4 is 55.6 Å². The normalized spacial score (nSPS) is 11.5. The maximum atomic E-state index is 6.11. The topological polar surface area (TPSA) is 89.6 Å². The number of nitrogens with one attached hydrogen (secondary N) is 1. The molecule has 3 aromatic heterocycles. The Bertz CT molecular complexity index is 839. The smallest absolute Gasteiger partial charge is 0.206 e. The van der Waals surface area contributed by atoms with Crippen LogP contribution in [0.25, 0.3) is 10.2 Å². The van der Waals surface area contributed by atoms with E-state index in [1.165, 1.54) is 10.4 Å². The number of hydrogen-bond donors (Lipinski definition) is 2. The molecule has 23 heavy (non-hydrogen) atoms. The van der Waals surface area contributed by atoms with Crippen molar-refractivity contribution in [3.8, 4) is 0 Å². The van der Waals surface area contributed by atoms with E-state index >= 15 is 0 Å². The van der Waals surface area contributed by atoms with Gasteiger partial charge in [-0.05, 0) is 33.3 Å². The molecule has 0 saturated carbocycles. The van der Waals surface area contributed by atoms with Gasteiger partial charge in [-0.1, -0.05) is 23.1 Å². The number of nitrogen functional groups attached to an aromatic ring is 1. The average molecular weight is 367 g/mol. The molecule has 0 aliphatic carbocycles. The van der Waals surface area contributed by atoms with Gasteiger partial charge in [0, 0.05) is 10.9 Å². The minimum absolute atomic E-state index is 0.344. The number of aryl methyl sites for hydroxylation is 2. The number of fused-ring (bicyclic) bond motifs is 1. The van der Waals surface area contributed by atoms with Crippen molar-refractivity contribution in [2.45, 2.75) is 43.8 Å². The van der Waals surface area contributed by atoms with E-state index < -0.39 is 0 Å². The summed E-state index contributed by atoms with van der Waals surface area (Å²) in [6.45, 7) is 8.29. The molecular weight excluding hydrogens is 348 g/mol. The second-order valence-corrected chi connectivity index (χ2v) is 8.85. The highest BCUT2D eigenvalue weighted by molar-refractivity contribution is 8.00. The summed E-state index contributed by atoms with van der Waals surface area (Å²) in [6.07, 6.45) is 0. The van der Waals surface area contributed by atoms with Crippen LogP contribution in [0.5, 0.6) is 0 Å². The van der Waals surface area contributed by atoms with Gasteiger partial charge >= 0.3 is 0 Å². The average Bonchev–Trinajstić information content (AvgIpc) is 3.01. The van der Waals surface area contributed by atoms with Crippen LogP contribution in [-0.2, 0) is 5.75 Å². The van der Waals surface area contributed by atoms with E-state index in [0.717, 1.165) is 25.5 Å². The zero-order valence-corrected chi connectivity index (χ0v) is 15.8. The van der Waals surface area contributed by atoms with Gasteiger partial charge in [-0.15, -0.1) is 21.5 Å². The molecule has 6 nitrogen and oxygen atoms in total. The van der Waals surface area contributed by atoms with Gasteiger partial charge in [0.25, 0.3) is 0 Å². The van der Waals surface area contributed by atoms with Crippen molar-refractivity contribution in [1.82, 2.24) is 20.2 Å². The SMILES string of the molecule is Cc1sc2nc(CSc3nnc(NC(C)C)s3)nc(N)c2c1C. The zero-order chi connectivity index (χ0) is 16.6. The molecule has 0 radical (unpaired) electrons. The molecular formula is C14H18N6S3. The summed E-state index contributed by atoms with van der Waals surface area (Å²) in [5.41, 5.74) is 7.29. The molecule has 0 bridgehead atoms. The van der Waals surface area contributed by atoms with E-state index in [0.29, 0.717) is 17.6 Å². The molecule has 3 heterocycles. The minimum atomic E-state index is 0.344. The third-order valence-corrected chi connectivity index (χ3v) is 6.33. The standard InChI is InChI=1S/C14H18N6S3/c1-6(2)16-13-19-20-14(23-13)21-5-9-17-11(15)10-7(3)8(4)22-12(10)18-9/h6H,5H2,1-4H3,(H,16,19)(H2,15,17,18). The molecule has 9 heteroatoms. The fourth-order valence-electron chi connectivity index (χ4n) is 2.09. The minimum Gasteiger partial charge on any atom is -0.383 e. The Labute approximate surface area is 147 Å². The van der Waals surface area contributed by atoms with Crippen LogP contribution in [0.3, 0.4) is 0 Å². The van der Waals surface area contributed by atoms with Crippen molar-refractivity contribution in [1.29, 1.82) is 0 Å². The predicted molar refractivity (Wildman–Crippen MR) is 99.5 cm³/mol. The van der Waals surface area contributed by atoms with Crippen LogP contribution in [0.2, 0.25) is 0 Å². The highest BCUT2D eigenvalue weighted by Gasteiger charge is 2.13. The van der Waals surface area contributed by atoms with Gasteiger partial charge < -0.3 is 11.1 Å². The number of nitrogens with two attached hydrogens (primary N) is 1. The van der Waals surface area contributed by atoms with Gasteiger partial charge in [0.2, 0.25) is 5.13 Å². The zero-order valence-electron chi connectivity index (χ0n) is 13.4. The summed E-state index contributed by atoms with van der Waals surface area (Å²) in [4.78, 5) is 11.3. The second kappa shape index (κ2) is 6.58. The molecule has 0 aliphatic rings. The number of aromatic nitrogens is 4. The van der Waals surface area contributed by atoms with Gasteiger partial charge in [0.1, 0.15) is 16.5 Å². The Hall–Kier alpha value is -1.45. The summed E-state index contributed by atoms with van der Waals surface area (Å²) in [7, 11) is 0. The molecule has 3 N–H and O–H groups in total. The molecule has 0 atom stereocenters. The lowest BCUT2D eigenvalue weighted by Gasteiger charge is -2.03. The van der Waals surface area contributed by atoms with E-state index in [9.17, 15) is 0 Å². The van der Waals surface area contributed by atoms with Gasteiger partial charge in [-0.2, -0.15) is 0 Å². The third kappa shape index (κ3) is 3.56. The van der Waals surface area contributed by atoms with Gasteiger partial charge in [-0.25, -0.2) is 9.97 Å². The lowest BCUT2D eigenvalue weighted by Crippen LogP contribution is -2.08. The van der Waals surface area contributed by atoms with Crippen LogP contribution >= 0.6 is 34.4 Å². The molecule has 0 aliphatic heterocycles. The number of nitrogens with zero attached hydrogens (tertiary/aromatic N) is 4. The first-order chi connectivity index (χ1) is 10.9. The van der Waals surface area contributed by atoms with Crippen molar-refractivity contribution in [3.05, 3.63) is 16.3 Å². The quantitative estimate of drug-likeness (QED) is 0.663. The number of rotatable bonds is 5. The van der Waals surface area contributed by atoms with Crippen LogP contribution < -0.4 is 11.1 Å². The van der Waals surface area contributed by atoms with E-state index in [4.69, 9.17) is 5.73 Å². The largest absolute Gasteiger partial charge is 0.383 e. The van der Waals surface area contributed by atoms with Gasteiger partial charge in [0.15, 0.2) is 4.34 Å². The molecule has 0 aromatic carbocycles. The Morgan fingerprint density at radius 3 is 2.70 bits per heavy atom. The predicted octanol–water partition coefficient (Wildman–Crippen LogP) is 3.85. The first-order valence-corrected chi connectivity index (χ1v) is 9.81. The Balaban J connectivity index is 1.75. The molecule has 0 unspecified atom stereocenters. The molecule has 0 amide bonds. The summed E-state index contributed by atoms with van der Waals surface area (Å²) in [5, 5.41) is 13.4. The monoisotopic (exact) mass is 366 g/mol. The fourth-order valence-corrected chi connectivity index (χ4v) is 4.90. The highest BCUT2D eigenvalue weighted by Crippen LogP contribution is 2.33. The summed E-state index contributed by atoms with van der Waals surface area (Å²) in [6, 6.07) is 0.344. The molecule has 3 rings (SSSR count). The second-order valence-electron chi connectivity index (χ2n) is 5.45. The lowest BCUT2D eigenvalue weighted by atomic mass is 10.2. The maximum absolute atomic E-state index is 6.11. The molecule has 0 fully saturated rings. The third-order valence-electron chi connectivity index (χ3n) is 3.25. The molecule has 0 saturated heterocycles. The van der Waals surface area contributed by atoms with Crippen LogP contribution in [0, 0.1) is 13.8 Å². The van der Waals surface area contributed by atoms with E-state index in [1.807, 2.05) is 0 Å². The van der Waals surface area contributed by atoms with Crippen LogP contribution in [0.1, 0.15) is 30.1 Å². The Kier molecular flexibility index (Phi) is 4.69. The van der Waals surface area contributed by atoms with E-state index in [-0.39, 0.29) is 0 Å². The number of thioether (sulfide) groups is 1. The molecule has 122 valence electrons. The first-order valence-electron chi connectivity index (χ1n) is 7.19. The Morgan fingerprint density at radius 1 is 1.17 bits per heavy atom. The van der Waals surface area contributed by atoms with E-state index in [2.05, 4.69) is 53.2 Å². The van der Waals surface area contributed by atoms with Gasteiger partial charge in [-0.3, -0.25) is 0 Å². The van der Waals surface area contributed by atoms with Crippen LogP contribution in [-0.4, -0.2) is 26.2 Å². The summed E-state index contributed by atoms with van der Waals surface area (Å²) in [5.74, 6) is 1.92. The first kappa shape index (κ1) is 16.4. The Morgan fingerprint density at radius 2 is 1.96 bits per heavy atom. The maximum Gasteiger partial charge on any atom is 0.206 e. The highest BCUT2D eigenvalue weighted by atomic mass is 32.2. The van der Waals surface area contributed by atoms with Crippen molar-refractivity contribution in [2.75, 3.05) is 11.1 Å². The summed E-state index contributed by atoms with van der Waals surface area (Å²) >= 11 is 4.78. The molecule has 3 aromatic rings. The number of hydrogen-bond acceptors (Lipinski definition) is 9. The number of thiophene rings is 1. The number of anilines is 2. The van der Waals surface area contributed by atoms with Crippen LogP contribution in [0.15, 0.2) is 4.34 Å². The van der Waals surface area contributed by atoms with Crippen molar-refractivity contribution in [2.24, 2.45) is 0 Å². The van der Waals surface area contributed by atoms with Crippen molar-refractivity contribution < 1.29 is 0 Å². The fraction of sp³-hybridized carbons (Fsp3) is 0.429. The lowest BCUT2D eigenvalue weighted by molar-refractivity contribution is 0.883.